The van der Waals surface area contributed by atoms with Gasteiger partial charge in [0.05, 0.1) is 11.1 Å². The largest absolute Gasteiger partial charge is 0.456 e. The number of nitrogens with one attached hydrogen (secondary N) is 1. The molecule has 0 atom stereocenters. The van der Waals surface area contributed by atoms with E-state index >= 15 is 0 Å². The van der Waals surface area contributed by atoms with Crippen molar-refractivity contribution in [2.75, 3.05) is 0 Å². The number of nitriles is 1. The molecule has 0 spiro atoms. The van der Waals surface area contributed by atoms with Crippen LogP contribution in [0.5, 0.6) is 11.5 Å². The molecule has 2 aromatic rings. The molecular weight excluding hydrogens is 323 g/mol. The van der Waals surface area contributed by atoms with Gasteiger partial charge in [0, 0.05) is 11.6 Å². The molecule has 6 heteroatoms. The van der Waals surface area contributed by atoms with Crippen molar-refractivity contribution < 1.29 is 9.53 Å². The SMILES string of the molecule is N#CCC(=O)NCc1ccc(Oc2ccc(Cl)cc2Cl)cc1. The van der Waals surface area contributed by atoms with Crippen LogP contribution in [-0.4, -0.2) is 5.91 Å². The summed E-state index contributed by atoms with van der Waals surface area (Å²) in [6.07, 6.45) is -0.143. The van der Waals surface area contributed by atoms with Crippen LogP contribution in [0.2, 0.25) is 10.0 Å². The van der Waals surface area contributed by atoms with E-state index in [9.17, 15) is 4.79 Å². The maximum atomic E-state index is 11.2. The minimum absolute atomic E-state index is 0.143. The molecule has 0 aliphatic rings. The minimum atomic E-state index is -0.296. The van der Waals surface area contributed by atoms with Crippen molar-refractivity contribution in [2.24, 2.45) is 0 Å². The number of benzene rings is 2. The Morgan fingerprint density at radius 2 is 1.91 bits per heavy atom. The molecule has 1 N–H and O–H groups in total. The van der Waals surface area contributed by atoms with Crippen LogP contribution in [0.4, 0.5) is 0 Å². The van der Waals surface area contributed by atoms with Crippen molar-refractivity contribution in [1.29, 1.82) is 5.26 Å². The quantitative estimate of drug-likeness (QED) is 0.885. The first-order valence-electron chi connectivity index (χ1n) is 6.44. The maximum absolute atomic E-state index is 11.2. The third kappa shape index (κ3) is 4.66. The van der Waals surface area contributed by atoms with Crippen LogP contribution in [0.1, 0.15) is 12.0 Å². The predicted octanol–water partition coefficient (Wildman–Crippen LogP) is 4.32. The summed E-state index contributed by atoms with van der Waals surface area (Å²) < 4.78 is 5.66. The van der Waals surface area contributed by atoms with E-state index in [1.165, 1.54) is 0 Å². The van der Waals surface area contributed by atoms with E-state index in [2.05, 4.69) is 5.32 Å². The highest BCUT2D eigenvalue weighted by atomic mass is 35.5. The molecule has 0 aliphatic heterocycles. The molecule has 0 radical (unpaired) electrons. The highest BCUT2D eigenvalue weighted by molar-refractivity contribution is 6.35. The zero-order valence-corrected chi connectivity index (χ0v) is 13.0. The number of carbonyl (C=O) groups excluding carboxylic acids is 1. The van der Waals surface area contributed by atoms with Gasteiger partial charge in [-0.05, 0) is 35.9 Å². The Balaban J connectivity index is 1.97. The summed E-state index contributed by atoms with van der Waals surface area (Å²) in [5.74, 6) is 0.841. The molecule has 0 saturated carbocycles. The van der Waals surface area contributed by atoms with Crippen molar-refractivity contribution >= 4 is 29.1 Å². The molecule has 1 amide bonds. The summed E-state index contributed by atoms with van der Waals surface area (Å²) in [5, 5.41) is 12.0. The van der Waals surface area contributed by atoms with E-state index in [4.69, 9.17) is 33.2 Å². The summed E-state index contributed by atoms with van der Waals surface area (Å²) >= 11 is 11.9. The lowest BCUT2D eigenvalue weighted by atomic mass is 10.2. The molecule has 4 nitrogen and oxygen atoms in total. The van der Waals surface area contributed by atoms with Gasteiger partial charge in [0.1, 0.15) is 17.9 Å². The Labute approximate surface area is 138 Å². The van der Waals surface area contributed by atoms with Gasteiger partial charge in [0.25, 0.3) is 0 Å². The maximum Gasteiger partial charge on any atom is 0.234 e. The molecule has 0 aliphatic carbocycles. The first kappa shape index (κ1) is 16.2. The zero-order valence-electron chi connectivity index (χ0n) is 11.5. The summed E-state index contributed by atoms with van der Waals surface area (Å²) in [5.41, 5.74) is 0.904. The molecule has 0 saturated heterocycles. The van der Waals surface area contributed by atoms with Crippen LogP contribution >= 0.6 is 23.2 Å². The standard InChI is InChI=1S/C16H12Cl2N2O2/c17-12-3-6-15(14(18)9-12)22-13-4-1-11(2-5-13)10-20-16(21)7-8-19/h1-6,9H,7,10H2,(H,20,21). The van der Waals surface area contributed by atoms with Gasteiger partial charge in [0.15, 0.2) is 0 Å². The van der Waals surface area contributed by atoms with E-state index in [-0.39, 0.29) is 12.3 Å². The van der Waals surface area contributed by atoms with Gasteiger partial charge in [-0.25, -0.2) is 0 Å². The average Bonchev–Trinajstić information content (AvgIpc) is 2.50. The van der Waals surface area contributed by atoms with Crippen molar-refractivity contribution in [1.82, 2.24) is 5.32 Å². The summed E-state index contributed by atoms with van der Waals surface area (Å²) in [4.78, 5) is 11.2. The monoisotopic (exact) mass is 334 g/mol. The fourth-order valence-corrected chi connectivity index (χ4v) is 2.14. The van der Waals surface area contributed by atoms with Crippen molar-refractivity contribution in [3.8, 4) is 17.6 Å². The van der Waals surface area contributed by atoms with Gasteiger partial charge in [-0.2, -0.15) is 5.26 Å². The summed E-state index contributed by atoms with van der Waals surface area (Å²) in [6.45, 7) is 0.364. The lowest BCUT2D eigenvalue weighted by Crippen LogP contribution is -2.21. The van der Waals surface area contributed by atoms with Crippen LogP contribution in [0.25, 0.3) is 0 Å². The summed E-state index contributed by atoms with van der Waals surface area (Å²) in [6, 6.07) is 14.0. The van der Waals surface area contributed by atoms with Crippen molar-refractivity contribution in [2.45, 2.75) is 13.0 Å². The van der Waals surface area contributed by atoms with Crippen LogP contribution in [0, 0.1) is 11.3 Å². The van der Waals surface area contributed by atoms with Crippen LogP contribution < -0.4 is 10.1 Å². The summed E-state index contributed by atoms with van der Waals surface area (Å²) in [7, 11) is 0. The lowest BCUT2D eigenvalue weighted by molar-refractivity contribution is -0.120. The molecule has 22 heavy (non-hydrogen) atoms. The number of hydrogen-bond acceptors (Lipinski definition) is 3. The van der Waals surface area contributed by atoms with Crippen LogP contribution in [0.15, 0.2) is 42.5 Å². The normalized spacial score (nSPS) is 9.86. The molecule has 0 aromatic heterocycles. The highest BCUT2D eigenvalue weighted by Crippen LogP contribution is 2.31. The first-order chi connectivity index (χ1) is 10.6. The number of ether oxygens (including phenoxy) is 1. The molecule has 0 fully saturated rings. The molecule has 2 aromatic carbocycles. The third-order valence-corrected chi connectivity index (χ3v) is 3.30. The number of rotatable bonds is 5. The second-order valence-corrected chi connectivity index (χ2v) is 5.28. The number of hydrogen-bond donors (Lipinski definition) is 1. The first-order valence-corrected chi connectivity index (χ1v) is 7.19. The molecule has 0 bridgehead atoms. The molecule has 0 unspecified atom stereocenters. The van der Waals surface area contributed by atoms with Gasteiger partial charge in [-0.15, -0.1) is 0 Å². The van der Waals surface area contributed by atoms with Crippen molar-refractivity contribution in [3.05, 3.63) is 58.1 Å². The van der Waals surface area contributed by atoms with Gasteiger partial charge < -0.3 is 10.1 Å². The smallest absolute Gasteiger partial charge is 0.234 e. The Kier molecular flexibility index (Phi) is 5.65. The molecule has 0 heterocycles. The lowest BCUT2D eigenvalue weighted by Gasteiger charge is -2.09. The zero-order chi connectivity index (χ0) is 15.9. The van der Waals surface area contributed by atoms with E-state index in [1.54, 1.807) is 36.4 Å². The van der Waals surface area contributed by atoms with Gasteiger partial charge in [-0.1, -0.05) is 35.3 Å². The Hall–Kier alpha value is -2.22. The molecular formula is C16H12Cl2N2O2. The van der Waals surface area contributed by atoms with E-state index in [0.29, 0.717) is 28.1 Å². The fraction of sp³-hybridized carbons (Fsp3) is 0.125. The number of nitrogens with zero attached hydrogens (tertiary/aromatic N) is 1. The Morgan fingerprint density at radius 1 is 1.18 bits per heavy atom. The van der Waals surface area contributed by atoms with Crippen LogP contribution in [0.3, 0.4) is 0 Å². The van der Waals surface area contributed by atoms with E-state index in [1.807, 2.05) is 12.1 Å². The van der Waals surface area contributed by atoms with Gasteiger partial charge >= 0.3 is 0 Å². The molecule has 2 rings (SSSR count). The Morgan fingerprint density at radius 3 is 2.55 bits per heavy atom. The fourth-order valence-electron chi connectivity index (χ4n) is 1.70. The highest BCUT2D eigenvalue weighted by Gasteiger charge is 2.05. The predicted molar refractivity (Wildman–Crippen MR) is 85.1 cm³/mol. The second-order valence-electron chi connectivity index (χ2n) is 4.43. The van der Waals surface area contributed by atoms with Crippen LogP contribution in [-0.2, 0) is 11.3 Å². The number of carbonyl (C=O) groups is 1. The van der Waals surface area contributed by atoms with E-state index in [0.717, 1.165) is 5.56 Å². The van der Waals surface area contributed by atoms with Gasteiger partial charge in [0.2, 0.25) is 5.91 Å². The average molecular weight is 335 g/mol. The number of amides is 1. The third-order valence-electron chi connectivity index (χ3n) is 2.77. The second kappa shape index (κ2) is 7.69. The van der Waals surface area contributed by atoms with Gasteiger partial charge in [-0.3, -0.25) is 4.79 Å². The molecule has 112 valence electrons. The minimum Gasteiger partial charge on any atom is -0.456 e. The van der Waals surface area contributed by atoms with Crippen molar-refractivity contribution in [3.63, 3.8) is 0 Å². The Bertz CT molecular complexity index is 709. The van der Waals surface area contributed by atoms with E-state index < -0.39 is 0 Å². The topological polar surface area (TPSA) is 62.1 Å². The number of halogens is 2.